The summed E-state index contributed by atoms with van der Waals surface area (Å²) in [4.78, 5) is 19.9. The number of H-pyrrole nitrogens is 1. The molecule has 0 fully saturated rings. The van der Waals surface area contributed by atoms with Gasteiger partial charge in [-0.1, -0.05) is 11.3 Å². The fraction of sp³-hybridized carbons (Fsp3) is 0.391. The SMILES string of the molecule is COc1ccc(-c2nc3sc(N(C)CC(=O)NCc4cn[nH]c4C)nn3c2NC(C)(C)C)cc1. The van der Waals surface area contributed by atoms with Crippen molar-refractivity contribution in [1.82, 2.24) is 30.1 Å². The van der Waals surface area contributed by atoms with Gasteiger partial charge in [-0.25, -0.2) is 4.98 Å². The number of aromatic nitrogens is 5. The largest absolute Gasteiger partial charge is 0.497 e. The smallest absolute Gasteiger partial charge is 0.239 e. The molecule has 0 saturated carbocycles. The number of benzene rings is 1. The molecular weight excluding hydrogens is 452 g/mol. The number of fused-ring (bicyclic) bond motifs is 1. The summed E-state index contributed by atoms with van der Waals surface area (Å²) in [6, 6.07) is 7.80. The minimum Gasteiger partial charge on any atom is -0.497 e. The number of methoxy groups -OCH3 is 1. The molecule has 0 atom stereocenters. The molecule has 0 bridgehead atoms. The Bertz CT molecular complexity index is 1280. The van der Waals surface area contributed by atoms with Gasteiger partial charge in [0.1, 0.15) is 11.4 Å². The van der Waals surface area contributed by atoms with Crippen LogP contribution in [0, 0.1) is 6.92 Å². The van der Waals surface area contributed by atoms with Crippen LogP contribution in [-0.2, 0) is 11.3 Å². The zero-order chi connectivity index (χ0) is 24.5. The van der Waals surface area contributed by atoms with Gasteiger partial charge in [0.05, 0.1) is 19.9 Å². The van der Waals surface area contributed by atoms with E-state index < -0.39 is 0 Å². The minimum atomic E-state index is -0.196. The van der Waals surface area contributed by atoms with Crippen LogP contribution in [0.4, 0.5) is 10.9 Å². The van der Waals surface area contributed by atoms with E-state index in [9.17, 15) is 4.79 Å². The molecule has 3 heterocycles. The number of ether oxygens (including phenoxy) is 1. The van der Waals surface area contributed by atoms with E-state index in [-0.39, 0.29) is 18.0 Å². The van der Waals surface area contributed by atoms with Crippen molar-refractivity contribution in [2.24, 2.45) is 0 Å². The van der Waals surface area contributed by atoms with Gasteiger partial charge in [-0.3, -0.25) is 9.89 Å². The maximum absolute atomic E-state index is 12.5. The van der Waals surface area contributed by atoms with Crippen molar-refractivity contribution in [3.8, 4) is 17.0 Å². The Morgan fingerprint density at radius 1 is 1.26 bits per heavy atom. The van der Waals surface area contributed by atoms with Crippen LogP contribution in [0.1, 0.15) is 32.0 Å². The van der Waals surface area contributed by atoms with Gasteiger partial charge in [0.15, 0.2) is 5.82 Å². The van der Waals surface area contributed by atoms with Crippen molar-refractivity contribution in [3.63, 3.8) is 0 Å². The number of nitrogens with zero attached hydrogens (tertiary/aromatic N) is 5. The number of imidazole rings is 1. The summed E-state index contributed by atoms with van der Waals surface area (Å²) >= 11 is 1.44. The summed E-state index contributed by atoms with van der Waals surface area (Å²) in [7, 11) is 3.50. The normalized spacial score (nSPS) is 11.6. The van der Waals surface area contributed by atoms with Crippen LogP contribution in [0.15, 0.2) is 30.5 Å². The Balaban J connectivity index is 1.56. The van der Waals surface area contributed by atoms with Gasteiger partial charge in [-0.2, -0.15) is 9.61 Å². The molecule has 0 aliphatic heterocycles. The highest BCUT2D eigenvalue weighted by molar-refractivity contribution is 7.20. The summed E-state index contributed by atoms with van der Waals surface area (Å²) < 4.78 is 7.10. The van der Waals surface area contributed by atoms with Crippen molar-refractivity contribution in [2.45, 2.75) is 39.8 Å². The van der Waals surface area contributed by atoms with Crippen molar-refractivity contribution in [2.75, 3.05) is 30.9 Å². The maximum atomic E-state index is 12.5. The topological polar surface area (TPSA) is 112 Å². The molecule has 3 aromatic heterocycles. The number of nitrogens with one attached hydrogen (secondary N) is 3. The van der Waals surface area contributed by atoms with E-state index in [1.54, 1.807) is 13.3 Å². The highest BCUT2D eigenvalue weighted by atomic mass is 32.1. The molecule has 10 nitrogen and oxygen atoms in total. The number of aryl methyl sites for hydroxylation is 1. The third-order valence-corrected chi connectivity index (χ3v) is 6.19. The third kappa shape index (κ3) is 5.14. The van der Waals surface area contributed by atoms with Gasteiger partial charge in [0.25, 0.3) is 0 Å². The molecule has 0 radical (unpaired) electrons. The van der Waals surface area contributed by atoms with Crippen molar-refractivity contribution in [1.29, 1.82) is 0 Å². The molecular formula is C23H30N8O2S. The van der Waals surface area contributed by atoms with E-state index in [4.69, 9.17) is 14.8 Å². The van der Waals surface area contributed by atoms with Crippen LogP contribution in [-0.4, -0.2) is 56.9 Å². The zero-order valence-electron chi connectivity index (χ0n) is 20.3. The average molecular weight is 483 g/mol. The molecule has 3 N–H and O–H groups in total. The number of anilines is 2. The van der Waals surface area contributed by atoms with E-state index >= 15 is 0 Å². The van der Waals surface area contributed by atoms with Crippen molar-refractivity contribution < 1.29 is 9.53 Å². The summed E-state index contributed by atoms with van der Waals surface area (Å²) in [5.41, 5.74) is 3.50. The highest BCUT2D eigenvalue weighted by Gasteiger charge is 2.23. The van der Waals surface area contributed by atoms with E-state index in [2.05, 4.69) is 41.6 Å². The fourth-order valence-corrected chi connectivity index (χ4v) is 4.26. The van der Waals surface area contributed by atoms with Crippen LogP contribution < -0.4 is 20.3 Å². The first kappa shape index (κ1) is 23.6. The number of likely N-dealkylation sites (N-methyl/N-ethyl adjacent to an activating group) is 1. The Morgan fingerprint density at radius 3 is 2.62 bits per heavy atom. The molecule has 0 saturated heterocycles. The lowest BCUT2D eigenvalue weighted by molar-refractivity contribution is -0.119. The first-order chi connectivity index (χ1) is 16.1. The summed E-state index contributed by atoms with van der Waals surface area (Å²) in [5.74, 6) is 1.50. The Kier molecular flexibility index (Phi) is 6.47. The lowest BCUT2D eigenvalue weighted by Crippen LogP contribution is -2.34. The number of carbonyl (C=O) groups excluding carboxylic acids is 1. The van der Waals surface area contributed by atoms with Crippen LogP contribution in [0.5, 0.6) is 5.75 Å². The van der Waals surface area contributed by atoms with Gasteiger partial charge in [-0.15, -0.1) is 5.10 Å². The molecule has 0 spiro atoms. The van der Waals surface area contributed by atoms with Crippen molar-refractivity contribution >= 4 is 33.2 Å². The molecule has 0 aliphatic carbocycles. The Labute approximate surface area is 202 Å². The molecule has 0 aliphatic rings. The van der Waals surface area contributed by atoms with E-state index in [0.717, 1.165) is 39.0 Å². The third-order valence-electron chi connectivity index (χ3n) is 5.17. The van der Waals surface area contributed by atoms with Gasteiger partial charge in [0, 0.05) is 36.0 Å². The van der Waals surface area contributed by atoms with E-state index in [0.29, 0.717) is 11.7 Å². The summed E-state index contributed by atoms with van der Waals surface area (Å²) in [6.07, 6.45) is 1.72. The van der Waals surface area contributed by atoms with Crippen LogP contribution >= 0.6 is 11.3 Å². The monoisotopic (exact) mass is 482 g/mol. The zero-order valence-corrected chi connectivity index (χ0v) is 21.1. The van der Waals surface area contributed by atoms with Crippen LogP contribution in [0.25, 0.3) is 16.2 Å². The highest BCUT2D eigenvalue weighted by Crippen LogP contribution is 2.35. The number of amides is 1. The Morgan fingerprint density at radius 2 is 2.00 bits per heavy atom. The minimum absolute atomic E-state index is 0.0945. The first-order valence-corrected chi connectivity index (χ1v) is 11.7. The average Bonchev–Trinajstić information content (AvgIpc) is 3.47. The second-order valence-corrected chi connectivity index (χ2v) is 10.1. The number of hydrogen-bond donors (Lipinski definition) is 3. The number of rotatable bonds is 8. The number of hydrogen-bond acceptors (Lipinski definition) is 8. The lowest BCUT2D eigenvalue weighted by atomic mass is 10.1. The van der Waals surface area contributed by atoms with E-state index in [1.807, 2.05) is 47.7 Å². The number of carbonyl (C=O) groups is 1. The molecule has 4 aromatic rings. The van der Waals surface area contributed by atoms with Gasteiger partial charge >= 0.3 is 0 Å². The fourth-order valence-electron chi connectivity index (χ4n) is 3.40. The van der Waals surface area contributed by atoms with Gasteiger partial charge < -0.3 is 20.3 Å². The van der Waals surface area contributed by atoms with Crippen LogP contribution in [0.3, 0.4) is 0 Å². The predicted octanol–water partition coefficient (Wildman–Crippen LogP) is 3.46. The van der Waals surface area contributed by atoms with Gasteiger partial charge in [-0.05, 0) is 52.0 Å². The van der Waals surface area contributed by atoms with Crippen molar-refractivity contribution in [3.05, 3.63) is 41.7 Å². The quantitative estimate of drug-likeness (QED) is 0.353. The maximum Gasteiger partial charge on any atom is 0.239 e. The van der Waals surface area contributed by atoms with Crippen LogP contribution in [0.2, 0.25) is 0 Å². The van der Waals surface area contributed by atoms with Gasteiger partial charge in [0.2, 0.25) is 16.0 Å². The standard InChI is InChI=1S/C23H30N8O2S/c1-14-16(12-25-28-14)11-24-18(32)13-30(5)22-29-31-20(27-23(2,3)4)19(26-21(31)34-22)15-7-9-17(33-6)10-8-15/h7-10,12,27H,11,13H2,1-6H3,(H,24,32)(H,25,28). The second-order valence-electron chi connectivity index (χ2n) is 9.14. The summed E-state index contributed by atoms with van der Waals surface area (Å²) in [6.45, 7) is 8.82. The number of aromatic amines is 1. The molecule has 1 amide bonds. The second kappa shape index (κ2) is 9.34. The lowest BCUT2D eigenvalue weighted by Gasteiger charge is -2.22. The molecule has 4 rings (SSSR count). The molecule has 0 unspecified atom stereocenters. The first-order valence-electron chi connectivity index (χ1n) is 10.9. The predicted molar refractivity (Wildman–Crippen MR) is 135 cm³/mol. The molecule has 34 heavy (non-hydrogen) atoms. The molecule has 11 heteroatoms. The van der Waals surface area contributed by atoms with E-state index in [1.165, 1.54) is 11.3 Å². The summed E-state index contributed by atoms with van der Waals surface area (Å²) in [5, 5.41) is 18.8. The molecule has 1 aromatic carbocycles. The Hall–Kier alpha value is -3.60. The molecule has 180 valence electrons.